The second-order valence-electron chi connectivity index (χ2n) is 5.49. The lowest BCUT2D eigenvalue weighted by Crippen LogP contribution is -2.47. The van der Waals surface area contributed by atoms with E-state index in [1.54, 1.807) is 0 Å². The Kier molecular flexibility index (Phi) is 6.11. The average Bonchev–Trinajstić information content (AvgIpc) is 2.41. The summed E-state index contributed by atoms with van der Waals surface area (Å²) in [6, 6.07) is 6.53. The molecule has 20 heavy (non-hydrogen) atoms. The van der Waals surface area contributed by atoms with Gasteiger partial charge in [-0.15, -0.1) is 0 Å². The Morgan fingerprint density at radius 2 is 2.15 bits per heavy atom. The quantitative estimate of drug-likeness (QED) is 0.653. The summed E-state index contributed by atoms with van der Waals surface area (Å²) in [5.41, 5.74) is 5.38. The van der Waals surface area contributed by atoms with Gasteiger partial charge in [0.05, 0.1) is 0 Å². The molecule has 4 unspecified atom stereocenters. The molecule has 0 spiro atoms. The van der Waals surface area contributed by atoms with Crippen LogP contribution in [0.4, 0.5) is 0 Å². The van der Waals surface area contributed by atoms with Crippen LogP contribution in [0, 0.1) is 6.92 Å². The predicted octanol–water partition coefficient (Wildman–Crippen LogP) is 3.65. The highest BCUT2D eigenvalue weighted by Crippen LogP contribution is 2.37. The maximum Gasteiger partial charge on any atom is 0.0441 e. The zero-order valence-corrected chi connectivity index (χ0v) is 14.6. The van der Waals surface area contributed by atoms with Crippen molar-refractivity contribution in [2.45, 2.75) is 49.0 Å². The van der Waals surface area contributed by atoms with Gasteiger partial charge in [-0.3, -0.25) is 11.3 Å². The number of aryl methyl sites for hydroxylation is 1. The van der Waals surface area contributed by atoms with Crippen LogP contribution in [0.25, 0.3) is 0 Å². The monoisotopic (exact) mass is 330 g/mol. The largest absolute Gasteiger partial charge is 0.271 e. The van der Waals surface area contributed by atoms with Gasteiger partial charge >= 0.3 is 0 Å². The summed E-state index contributed by atoms with van der Waals surface area (Å²) in [6.07, 6.45) is 0.884. The van der Waals surface area contributed by atoms with Crippen LogP contribution in [0.2, 0.25) is 5.02 Å². The summed E-state index contributed by atoms with van der Waals surface area (Å²) >= 11 is 10.4. The average molecular weight is 331 g/mol. The first-order chi connectivity index (χ1) is 9.51. The Morgan fingerprint density at radius 3 is 2.75 bits per heavy atom. The second-order valence-corrected chi connectivity index (χ2v) is 8.93. The van der Waals surface area contributed by atoms with E-state index in [0.29, 0.717) is 10.5 Å². The molecule has 1 aromatic carbocycles. The number of nitrogens with one attached hydrogen (secondary N) is 1. The zero-order valence-electron chi connectivity index (χ0n) is 12.2. The van der Waals surface area contributed by atoms with Crippen LogP contribution in [-0.2, 0) is 6.42 Å². The van der Waals surface area contributed by atoms with E-state index in [1.807, 2.05) is 29.6 Å². The molecule has 1 aromatic rings. The van der Waals surface area contributed by atoms with E-state index in [-0.39, 0.29) is 6.04 Å². The lowest BCUT2D eigenvalue weighted by atomic mass is 10.0. The molecule has 1 aliphatic heterocycles. The molecule has 0 amide bonds. The van der Waals surface area contributed by atoms with Crippen LogP contribution in [0.1, 0.15) is 25.0 Å². The molecule has 0 saturated carbocycles. The van der Waals surface area contributed by atoms with Gasteiger partial charge in [0.1, 0.15) is 0 Å². The van der Waals surface area contributed by atoms with Crippen molar-refractivity contribution >= 4 is 35.1 Å². The van der Waals surface area contributed by atoms with Gasteiger partial charge in [-0.05, 0) is 30.5 Å². The van der Waals surface area contributed by atoms with Crippen molar-refractivity contribution < 1.29 is 0 Å². The minimum Gasteiger partial charge on any atom is -0.271 e. The van der Waals surface area contributed by atoms with Crippen LogP contribution >= 0.6 is 35.1 Å². The van der Waals surface area contributed by atoms with Crippen LogP contribution in [0.15, 0.2) is 18.2 Å². The van der Waals surface area contributed by atoms with Crippen molar-refractivity contribution in [2.24, 2.45) is 5.84 Å². The number of thioether (sulfide) groups is 2. The van der Waals surface area contributed by atoms with Gasteiger partial charge in [0, 0.05) is 32.6 Å². The number of hydrogen-bond acceptors (Lipinski definition) is 4. The number of halogens is 1. The Labute approximate surface area is 135 Å². The topological polar surface area (TPSA) is 38.0 Å². The first-order valence-electron chi connectivity index (χ1n) is 6.99. The maximum absolute atomic E-state index is 6.34. The SMILES string of the molecule is Cc1ccc(CC(NN)C2CSC(C)C(C)S2)c(Cl)c1. The van der Waals surface area contributed by atoms with Crippen molar-refractivity contribution in [3.8, 4) is 0 Å². The number of hydrogen-bond donors (Lipinski definition) is 2. The smallest absolute Gasteiger partial charge is 0.0441 e. The minimum absolute atomic E-state index is 0.266. The summed E-state index contributed by atoms with van der Waals surface area (Å²) in [5, 5.41) is 2.77. The summed E-state index contributed by atoms with van der Waals surface area (Å²) in [5.74, 6) is 6.94. The van der Waals surface area contributed by atoms with Gasteiger partial charge in [-0.1, -0.05) is 37.6 Å². The molecule has 1 aliphatic rings. The molecule has 112 valence electrons. The van der Waals surface area contributed by atoms with Crippen molar-refractivity contribution in [1.29, 1.82) is 0 Å². The fourth-order valence-electron chi connectivity index (χ4n) is 2.37. The molecule has 3 N–H and O–H groups in total. The molecule has 1 heterocycles. The van der Waals surface area contributed by atoms with E-state index in [4.69, 9.17) is 17.4 Å². The zero-order chi connectivity index (χ0) is 14.7. The van der Waals surface area contributed by atoms with Gasteiger partial charge in [0.15, 0.2) is 0 Å². The van der Waals surface area contributed by atoms with Crippen LogP contribution < -0.4 is 11.3 Å². The van der Waals surface area contributed by atoms with Crippen molar-refractivity contribution in [3.63, 3.8) is 0 Å². The van der Waals surface area contributed by atoms with Crippen LogP contribution in [0.3, 0.4) is 0 Å². The Hall–Kier alpha value is 0.130. The fraction of sp³-hybridized carbons (Fsp3) is 0.600. The third-order valence-corrected chi connectivity index (χ3v) is 7.79. The van der Waals surface area contributed by atoms with Crippen LogP contribution in [-0.4, -0.2) is 27.5 Å². The van der Waals surface area contributed by atoms with Crippen molar-refractivity contribution in [3.05, 3.63) is 34.3 Å². The van der Waals surface area contributed by atoms with E-state index < -0.39 is 0 Å². The standard InChI is InChI=1S/C15H23ClN2S2/c1-9-4-5-12(13(16)6-9)7-14(18-17)15-8-19-10(2)11(3)20-15/h4-6,10-11,14-15,18H,7-8,17H2,1-3H3. The van der Waals surface area contributed by atoms with Gasteiger partial charge in [-0.25, -0.2) is 0 Å². The molecular formula is C15H23ClN2S2. The van der Waals surface area contributed by atoms with E-state index in [1.165, 1.54) is 11.1 Å². The highest BCUT2D eigenvalue weighted by Gasteiger charge is 2.31. The molecule has 1 fully saturated rings. The molecule has 0 radical (unpaired) electrons. The summed E-state index contributed by atoms with van der Waals surface area (Å²) in [4.78, 5) is 0. The molecule has 0 aromatic heterocycles. The van der Waals surface area contributed by atoms with Gasteiger partial charge in [-0.2, -0.15) is 23.5 Å². The van der Waals surface area contributed by atoms with Crippen molar-refractivity contribution in [2.75, 3.05) is 5.75 Å². The Bertz CT molecular complexity index is 455. The van der Waals surface area contributed by atoms with Crippen molar-refractivity contribution in [1.82, 2.24) is 5.43 Å². The van der Waals surface area contributed by atoms with Gasteiger partial charge in [0.2, 0.25) is 0 Å². The Balaban J connectivity index is 2.05. The normalized spacial score (nSPS) is 28.4. The highest BCUT2D eigenvalue weighted by molar-refractivity contribution is 8.07. The number of benzene rings is 1. The predicted molar refractivity (Wildman–Crippen MR) is 93.8 cm³/mol. The molecule has 5 heteroatoms. The maximum atomic E-state index is 6.34. The van der Waals surface area contributed by atoms with E-state index >= 15 is 0 Å². The third kappa shape index (κ3) is 4.08. The minimum atomic E-state index is 0.266. The lowest BCUT2D eigenvalue weighted by Gasteiger charge is -2.35. The summed E-state index contributed by atoms with van der Waals surface area (Å²) in [6.45, 7) is 6.67. The second kappa shape index (κ2) is 7.41. The first-order valence-corrected chi connectivity index (χ1v) is 9.36. The number of rotatable bonds is 4. The molecule has 2 nitrogen and oxygen atoms in total. The molecule has 0 aliphatic carbocycles. The molecule has 4 atom stereocenters. The molecule has 2 rings (SSSR count). The third-order valence-electron chi connectivity index (χ3n) is 3.89. The fourth-order valence-corrected chi connectivity index (χ4v) is 5.80. The molecule has 1 saturated heterocycles. The molecular weight excluding hydrogens is 308 g/mol. The highest BCUT2D eigenvalue weighted by atomic mass is 35.5. The Morgan fingerprint density at radius 1 is 1.40 bits per heavy atom. The number of nitrogens with two attached hydrogens (primary N) is 1. The van der Waals surface area contributed by atoms with E-state index in [0.717, 1.165) is 22.4 Å². The first kappa shape index (κ1) is 16.5. The summed E-state index contributed by atoms with van der Waals surface area (Å²) < 4.78 is 0. The molecule has 0 bridgehead atoms. The van der Waals surface area contributed by atoms with Crippen LogP contribution in [0.5, 0.6) is 0 Å². The summed E-state index contributed by atoms with van der Waals surface area (Å²) in [7, 11) is 0. The van der Waals surface area contributed by atoms with E-state index in [9.17, 15) is 0 Å². The van der Waals surface area contributed by atoms with Gasteiger partial charge in [0.25, 0.3) is 0 Å². The lowest BCUT2D eigenvalue weighted by molar-refractivity contribution is 0.521. The van der Waals surface area contributed by atoms with Gasteiger partial charge < -0.3 is 0 Å². The van der Waals surface area contributed by atoms with E-state index in [2.05, 4.69) is 38.3 Å². The number of hydrazine groups is 1.